The van der Waals surface area contributed by atoms with Crippen molar-refractivity contribution in [3.63, 3.8) is 0 Å². The Hall–Kier alpha value is -0.710. The predicted octanol–water partition coefficient (Wildman–Crippen LogP) is 0.928. The van der Waals surface area contributed by atoms with Gasteiger partial charge in [0.2, 0.25) is 0 Å². The quantitative estimate of drug-likeness (QED) is 0.419. The van der Waals surface area contributed by atoms with Crippen molar-refractivity contribution in [2.75, 3.05) is 14.2 Å². The molecule has 0 fully saturated rings. The number of hydrogen-bond donors (Lipinski definition) is 1. The van der Waals surface area contributed by atoms with E-state index in [-0.39, 0.29) is 4.48 Å². The van der Waals surface area contributed by atoms with Gasteiger partial charge in [0, 0.05) is 0 Å². The highest BCUT2D eigenvalue weighted by Crippen LogP contribution is 2.11. The summed E-state index contributed by atoms with van der Waals surface area (Å²) in [7, 11) is 2.44. The van der Waals surface area contributed by atoms with Crippen molar-refractivity contribution >= 4 is 21.9 Å². The third-order valence-electron chi connectivity index (χ3n) is 0.746. The van der Waals surface area contributed by atoms with Crippen molar-refractivity contribution in [2.45, 2.75) is 0 Å². The Morgan fingerprint density at radius 3 is 2.20 bits per heavy atom. The minimum atomic E-state index is -0.681. The van der Waals surface area contributed by atoms with Crippen LogP contribution in [0.5, 0.6) is 0 Å². The maximum Gasteiger partial charge on any atom is 0.352 e. The number of rotatable bonds is 2. The molecular formula is C5H7BrO4. The normalized spacial score (nSPS) is 11.9. The van der Waals surface area contributed by atoms with Crippen LogP contribution < -0.4 is 0 Å². The fourth-order valence-electron chi connectivity index (χ4n) is 0.267. The third kappa shape index (κ3) is 2.26. The number of hydrogen-bond acceptors (Lipinski definition) is 4. The zero-order valence-corrected chi connectivity index (χ0v) is 7.14. The molecular weight excluding hydrogens is 204 g/mol. The van der Waals surface area contributed by atoms with Gasteiger partial charge in [-0.25, -0.2) is 4.79 Å². The lowest BCUT2D eigenvalue weighted by molar-refractivity contribution is -0.135. The number of esters is 1. The van der Waals surface area contributed by atoms with Gasteiger partial charge in [-0.15, -0.1) is 0 Å². The number of aliphatic hydroxyl groups excluding tert-OH is 1. The smallest absolute Gasteiger partial charge is 0.352 e. The first-order chi connectivity index (χ1) is 4.63. The fraction of sp³-hybridized carbons (Fsp3) is 0.400. The largest absolute Gasteiger partial charge is 0.480 e. The first kappa shape index (κ1) is 9.29. The van der Waals surface area contributed by atoms with Crippen LogP contribution in [0.4, 0.5) is 0 Å². The molecule has 0 unspecified atom stereocenters. The Labute approximate surface area is 66.6 Å². The summed E-state index contributed by atoms with van der Waals surface area (Å²) in [5.41, 5.74) is 0. The summed E-state index contributed by atoms with van der Waals surface area (Å²) in [5, 5.41) is 8.74. The summed E-state index contributed by atoms with van der Waals surface area (Å²) in [6, 6.07) is 0. The average molecular weight is 211 g/mol. The molecule has 4 nitrogen and oxygen atoms in total. The number of aliphatic hydroxyl groups is 1. The molecule has 0 atom stereocenters. The maximum absolute atomic E-state index is 10.5. The summed E-state index contributed by atoms with van der Waals surface area (Å²) in [6.07, 6.45) is 0. The second-order valence-corrected chi connectivity index (χ2v) is 2.11. The summed E-state index contributed by atoms with van der Waals surface area (Å²) < 4.78 is 8.45. The summed E-state index contributed by atoms with van der Waals surface area (Å²) in [5.74, 6) is -1.17. The number of halogens is 1. The van der Waals surface area contributed by atoms with Crippen LogP contribution in [-0.4, -0.2) is 25.3 Å². The van der Waals surface area contributed by atoms with E-state index in [1.807, 2.05) is 0 Å². The van der Waals surface area contributed by atoms with E-state index < -0.39 is 11.9 Å². The summed E-state index contributed by atoms with van der Waals surface area (Å²) in [6.45, 7) is 0. The number of carbonyl (C=O) groups is 1. The lowest BCUT2D eigenvalue weighted by Crippen LogP contribution is -2.03. The first-order valence-corrected chi connectivity index (χ1v) is 3.13. The van der Waals surface area contributed by atoms with Gasteiger partial charge in [0.25, 0.3) is 5.95 Å². The molecule has 1 N–H and O–H groups in total. The highest BCUT2D eigenvalue weighted by molar-refractivity contribution is 9.12. The van der Waals surface area contributed by atoms with E-state index in [1.165, 1.54) is 14.2 Å². The molecule has 0 aliphatic heterocycles. The highest BCUT2D eigenvalue weighted by atomic mass is 79.9. The van der Waals surface area contributed by atoms with Crippen LogP contribution in [-0.2, 0) is 14.3 Å². The summed E-state index contributed by atoms with van der Waals surface area (Å²) >= 11 is 2.76. The van der Waals surface area contributed by atoms with Crippen LogP contribution in [0.3, 0.4) is 0 Å². The number of carbonyl (C=O) groups excluding carboxylic acids is 1. The van der Waals surface area contributed by atoms with Gasteiger partial charge >= 0.3 is 5.97 Å². The van der Waals surface area contributed by atoms with E-state index in [2.05, 4.69) is 25.4 Å². The van der Waals surface area contributed by atoms with Gasteiger partial charge < -0.3 is 14.6 Å². The molecule has 5 heteroatoms. The Morgan fingerprint density at radius 1 is 1.40 bits per heavy atom. The van der Waals surface area contributed by atoms with Crippen LogP contribution >= 0.6 is 15.9 Å². The van der Waals surface area contributed by atoms with E-state index in [0.29, 0.717) is 0 Å². The molecule has 0 saturated heterocycles. The predicted molar refractivity (Wildman–Crippen MR) is 37.6 cm³/mol. The van der Waals surface area contributed by atoms with Gasteiger partial charge in [-0.2, -0.15) is 0 Å². The van der Waals surface area contributed by atoms with Gasteiger partial charge in [0.15, 0.2) is 4.48 Å². The van der Waals surface area contributed by atoms with Crippen molar-refractivity contribution in [3.8, 4) is 0 Å². The van der Waals surface area contributed by atoms with Crippen LogP contribution in [0.1, 0.15) is 0 Å². The number of ether oxygens (including phenoxy) is 2. The van der Waals surface area contributed by atoms with E-state index in [9.17, 15) is 4.79 Å². The van der Waals surface area contributed by atoms with Crippen molar-refractivity contribution in [1.82, 2.24) is 0 Å². The van der Waals surface area contributed by atoms with Crippen molar-refractivity contribution in [2.24, 2.45) is 0 Å². The lowest BCUT2D eigenvalue weighted by atomic mass is 10.6. The minimum Gasteiger partial charge on any atom is -0.480 e. The Balaban J connectivity index is 4.30. The van der Waals surface area contributed by atoms with Crippen LogP contribution in [0, 0.1) is 0 Å². The molecule has 0 rings (SSSR count). The second-order valence-electron chi connectivity index (χ2n) is 1.31. The highest BCUT2D eigenvalue weighted by Gasteiger charge is 2.12. The molecule has 0 amide bonds. The molecule has 0 heterocycles. The molecule has 0 radical (unpaired) electrons. The van der Waals surface area contributed by atoms with E-state index in [0.717, 1.165) is 0 Å². The maximum atomic E-state index is 10.5. The second kappa shape index (κ2) is 4.16. The Bertz CT molecular complexity index is 163. The zero-order valence-electron chi connectivity index (χ0n) is 5.55. The van der Waals surface area contributed by atoms with E-state index >= 15 is 0 Å². The van der Waals surface area contributed by atoms with Crippen LogP contribution in [0.2, 0.25) is 0 Å². The van der Waals surface area contributed by atoms with Crippen molar-refractivity contribution < 1.29 is 19.4 Å². The van der Waals surface area contributed by atoms with Gasteiger partial charge in [-0.05, 0) is 15.9 Å². The Kier molecular flexibility index (Phi) is 3.87. The molecule has 0 aromatic rings. The van der Waals surface area contributed by atoms with Crippen LogP contribution in [0.25, 0.3) is 0 Å². The van der Waals surface area contributed by atoms with Crippen molar-refractivity contribution in [3.05, 3.63) is 10.4 Å². The first-order valence-electron chi connectivity index (χ1n) is 2.34. The average Bonchev–Trinajstić information content (AvgIpc) is 2.00. The molecule has 0 saturated carbocycles. The molecule has 58 valence electrons. The topological polar surface area (TPSA) is 55.8 Å². The molecule has 0 spiro atoms. The van der Waals surface area contributed by atoms with Gasteiger partial charge in [-0.1, -0.05) is 0 Å². The monoisotopic (exact) mass is 210 g/mol. The minimum absolute atomic E-state index is 0.127. The summed E-state index contributed by atoms with van der Waals surface area (Å²) in [4.78, 5) is 10.5. The van der Waals surface area contributed by atoms with E-state index in [4.69, 9.17) is 5.11 Å². The van der Waals surface area contributed by atoms with Crippen LogP contribution in [0.15, 0.2) is 10.4 Å². The SMILES string of the molecule is COC(=O)/C(Br)=C(\O)OC. The lowest BCUT2D eigenvalue weighted by Gasteiger charge is -1.99. The fourth-order valence-corrected chi connectivity index (χ4v) is 0.590. The molecule has 0 aliphatic rings. The van der Waals surface area contributed by atoms with Gasteiger partial charge in [0.1, 0.15) is 0 Å². The molecule has 0 aromatic carbocycles. The van der Waals surface area contributed by atoms with Gasteiger partial charge in [-0.3, -0.25) is 0 Å². The third-order valence-corrected chi connectivity index (χ3v) is 1.41. The molecule has 0 aromatic heterocycles. The molecule has 10 heavy (non-hydrogen) atoms. The standard InChI is InChI=1S/C5H7BrO4/c1-9-4(7)3(6)5(8)10-2/h7H,1-2H3/b4-3-. The Morgan fingerprint density at radius 2 is 1.90 bits per heavy atom. The van der Waals surface area contributed by atoms with Gasteiger partial charge in [0.05, 0.1) is 14.2 Å². The molecule has 0 bridgehead atoms. The molecule has 0 aliphatic carbocycles. The zero-order chi connectivity index (χ0) is 8.15. The van der Waals surface area contributed by atoms with Crippen molar-refractivity contribution in [1.29, 1.82) is 0 Å². The van der Waals surface area contributed by atoms with E-state index in [1.54, 1.807) is 0 Å². The number of methoxy groups -OCH3 is 2.